The standard InChI is InChI=1S/C12H18.C11H17N.CH4/c1-10-5-7-11(8-6-10)9-12(2,3)4;1-11(2,3)8-9-5-4-6-10(12)7-9;/h5-8H,9H2,1-4H3;4-7H,8,12H2,1-3H3;1H4. The number of hydrogen-bond donors (Lipinski definition) is 1. The van der Waals surface area contributed by atoms with E-state index >= 15 is 0 Å². The van der Waals surface area contributed by atoms with Gasteiger partial charge in [0, 0.05) is 5.69 Å². The fourth-order valence-electron chi connectivity index (χ4n) is 2.63. The van der Waals surface area contributed by atoms with Crippen molar-refractivity contribution in [3.05, 3.63) is 65.2 Å². The average molecular weight is 342 g/mol. The molecule has 0 aliphatic carbocycles. The SMILES string of the molecule is C.CC(C)(C)Cc1cccc(N)c1.Cc1ccc(CC(C)(C)C)cc1. The summed E-state index contributed by atoms with van der Waals surface area (Å²) in [5, 5.41) is 0. The molecule has 0 bridgehead atoms. The van der Waals surface area contributed by atoms with E-state index in [1.165, 1.54) is 16.7 Å². The zero-order chi connectivity index (χ0) is 18.4. The van der Waals surface area contributed by atoms with E-state index in [9.17, 15) is 0 Å². The first kappa shape index (κ1) is 23.2. The summed E-state index contributed by atoms with van der Waals surface area (Å²) in [6, 6.07) is 16.9. The molecular weight excluding hydrogens is 302 g/mol. The minimum Gasteiger partial charge on any atom is -0.399 e. The van der Waals surface area contributed by atoms with Crippen LogP contribution in [0.5, 0.6) is 0 Å². The van der Waals surface area contributed by atoms with Gasteiger partial charge >= 0.3 is 0 Å². The predicted octanol–water partition coefficient (Wildman–Crippen LogP) is 7.08. The van der Waals surface area contributed by atoms with E-state index in [0.717, 1.165) is 18.5 Å². The minimum absolute atomic E-state index is 0. The van der Waals surface area contributed by atoms with Crippen LogP contribution in [0, 0.1) is 17.8 Å². The molecule has 0 aromatic heterocycles. The fourth-order valence-corrected chi connectivity index (χ4v) is 2.63. The molecule has 2 rings (SSSR count). The lowest BCUT2D eigenvalue weighted by molar-refractivity contribution is 0.411. The third-order valence-electron chi connectivity index (χ3n) is 3.54. The van der Waals surface area contributed by atoms with Gasteiger partial charge in [-0.3, -0.25) is 0 Å². The Morgan fingerprint density at radius 1 is 0.720 bits per heavy atom. The van der Waals surface area contributed by atoms with E-state index in [1.807, 2.05) is 18.2 Å². The van der Waals surface area contributed by atoms with Gasteiger partial charge < -0.3 is 5.73 Å². The van der Waals surface area contributed by atoms with Gasteiger partial charge in [0.05, 0.1) is 0 Å². The van der Waals surface area contributed by atoms with Gasteiger partial charge in [0.25, 0.3) is 0 Å². The molecule has 0 saturated carbocycles. The van der Waals surface area contributed by atoms with Crippen molar-refractivity contribution in [3.63, 3.8) is 0 Å². The highest BCUT2D eigenvalue weighted by Crippen LogP contribution is 2.21. The molecule has 0 amide bonds. The first-order chi connectivity index (χ1) is 10.9. The number of rotatable bonds is 2. The Hall–Kier alpha value is -1.76. The third-order valence-corrected chi connectivity index (χ3v) is 3.54. The zero-order valence-corrected chi connectivity index (χ0v) is 16.6. The van der Waals surface area contributed by atoms with Gasteiger partial charge in [0.15, 0.2) is 0 Å². The number of anilines is 1. The van der Waals surface area contributed by atoms with Crippen LogP contribution in [0.2, 0.25) is 0 Å². The van der Waals surface area contributed by atoms with E-state index < -0.39 is 0 Å². The van der Waals surface area contributed by atoms with Crippen molar-refractivity contribution in [2.75, 3.05) is 5.73 Å². The maximum Gasteiger partial charge on any atom is 0.0316 e. The number of hydrogen-bond acceptors (Lipinski definition) is 1. The highest BCUT2D eigenvalue weighted by Gasteiger charge is 2.11. The van der Waals surface area contributed by atoms with Crippen LogP contribution in [-0.4, -0.2) is 0 Å². The van der Waals surface area contributed by atoms with Crippen LogP contribution in [0.15, 0.2) is 48.5 Å². The third kappa shape index (κ3) is 11.4. The first-order valence-corrected chi connectivity index (χ1v) is 8.85. The summed E-state index contributed by atoms with van der Waals surface area (Å²) in [7, 11) is 0. The topological polar surface area (TPSA) is 26.0 Å². The molecule has 1 heteroatoms. The van der Waals surface area contributed by atoms with Gasteiger partial charge in [-0.2, -0.15) is 0 Å². The van der Waals surface area contributed by atoms with E-state index in [0.29, 0.717) is 10.8 Å². The van der Waals surface area contributed by atoms with Crippen molar-refractivity contribution >= 4 is 5.69 Å². The van der Waals surface area contributed by atoms with E-state index in [2.05, 4.69) is 78.8 Å². The second-order valence-corrected chi connectivity index (χ2v) is 9.21. The second-order valence-electron chi connectivity index (χ2n) is 9.21. The van der Waals surface area contributed by atoms with Crippen molar-refractivity contribution in [2.24, 2.45) is 10.8 Å². The maximum atomic E-state index is 5.68. The Morgan fingerprint density at radius 3 is 1.64 bits per heavy atom. The van der Waals surface area contributed by atoms with Crippen LogP contribution in [-0.2, 0) is 12.8 Å². The van der Waals surface area contributed by atoms with Crippen LogP contribution < -0.4 is 5.73 Å². The normalized spacial score (nSPS) is 11.2. The summed E-state index contributed by atoms with van der Waals surface area (Å²) in [6.07, 6.45) is 2.24. The van der Waals surface area contributed by atoms with Crippen LogP contribution in [0.25, 0.3) is 0 Å². The van der Waals surface area contributed by atoms with Gasteiger partial charge in [-0.05, 0) is 53.9 Å². The highest BCUT2D eigenvalue weighted by atomic mass is 14.5. The molecule has 0 heterocycles. The highest BCUT2D eigenvalue weighted by molar-refractivity contribution is 5.40. The van der Waals surface area contributed by atoms with Crippen LogP contribution in [0.4, 0.5) is 5.69 Å². The van der Waals surface area contributed by atoms with Gasteiger partial charge in [0.2, 0.25) is 0 Å². The Kier molecular flexibility index (Phi) is 8.97. The minimum atomic E-state index is 0. The largest absolute Gasteiger partial charge is 0.399 e. The maximum absolute atomic E-state index is 5.68. The predicted molar refractivity (Wildman–Crippen MR) is 115 cm³/mol. The van der Waals surface area contributed by atoms with Crippen molar-refractivity contribution in [2.45, 2.75) is 68.7 Å². The Balaban J connectivity index is 0.000000443. The zero-order valence-electron chi connectivity index (χ0n) is 16.6. The molecule has 2 aromatic rings. The number of aryl methyl sites for hydroxylation is 1. The van der Waals surface area contributed by atoms with Crippen molar-refractivity contribution in [3.8, 4) is 0 Å². The summed E-state index contributed by atoms with van der Waals surface area (Å²) in [5.74, 6) is 0. The smallest absolute Gasteiger partial charge is 0.0316 e. The monoisotopic (exact) mass is 341 g/mol. The quantitative estimate of drug-likeness (QED) is 0.580. The first-order valence-electron chi connectivity index (χ1n) is 8.85. The molecule has 0 fully saturated rings. The molecule has 0 atom stereocenters. The number of nitrogens with two attached hydrogens (primary N) is 1. The lowest BCUT2D eigenvalue weighted by atomic mass is 9.88. The summed E-state index contributed by atoms with van der Waals surface area (Å²) in [5.41, 5.74) is 11.4. The lowest BCUT2D eigenvalue weighted by Crippen LogP contribution is -2.09. The summed E-state index contributed by atoms with van der Waals surface area (Å²) < 4.78 is 0. The molecule has 2 N–H and O–H groups in total. The van der Waals surface area contributed by atoms with E-state index in [4.69, 9.17) is 5.73 Å². The van der Waals surface area contributed by atoms with Gasteiger partial charge in [-0.15, -0.1) is 0 Å². The molecule has 0 radical (unpaired) electrons. The molecule has 25 heavy (non-hydrogen) atoms. The molecule has 2 aromatic carbocycles. The van der Waals surface area contributed by atoms with Crippen LogP contribution in [0.1, 0.15) is 65.7 Å². The number of nitrogen functional groups attached to an aromatic ring is 1. The molecule has 0 saturated heterocycles. The van der Waals surface area contributed by atoms with E-state index in [-0.39, 0.29) is 7.43 Å². The fraction of sp³-hybridized carbons (Fsp3) is 0.500. The Labute approximate surface area is 156 Å². The molecule has 0 spiro atoms. The Morgan fingerprint density at radius 2 is 1.20 bits per heavy atom. The molecule has 1 nitrogen and oxygen atoms in total. The van der Waals surface area contributed by atoms with E-state index in [1.54, 1.807) is 0 Å². The molecule has 0 aliphatic heterocycles. The van der Waals surface area contributed by atoms with Gasteiger partial charge in [0.1, 0.15) is 0 Å². The molecular formula is C24H39N. The van der Waals surface area contributed by atoms with Crippen molar-refractivity contribution < 1.29 is 0 Å². The summed E-state index contributed by atoms with van der Waals surface area (Å²) in [6.45, 7) is 15.6. The lowest BCUT2D eigenvalue weighted by Gasteiger charge is -2.18. The van der Waals surface area contributed by atoms with Crippen molar-refractivity contribution in [1.82, 2.24) is 0 Å². The molecule has 0 unspecified atom stereocenters. The second kappa shape index (κ2) is 9.65. The molecule has 0 aliphatic rings. The number of benzene rings is 2. The van der Waals surface area contributed by atoms with Gasteiger partial charge in [-0.1, -0.05) is 90.9 Å². The van der Waals surface area contributed by atoms with Gasteiger partial charge in [-0.25, -0.2) is 0 Å². The van der Waals surface area contributed by atoms with Crippen molar-refractivity contribution in [1.29, 1.82) is 0 Å². The average Bonchev–Trinajstić information content (AvgIpc) is 2.39. The van der Waals surface area contributed by atoms with Crippen LogP contribution >= 0.6 is 0 Å². The van der Waals surface area contributed by atoms with Crippen LogP contribution in [0.3, 0.4) is 0 Å². The summed E-state index contributed by atoms with van der Waals surface area (Å²) >= 11 is 0. The molecule has 140 valence electrons. The summed E-state index contributed by atoms with van der Waals surface area (Å²) in [4.78, 5) is 0. The Bertz CT molecular complexity index is 610.